The van der Waals surface area contributed by atoms with Crippen LogP contribution in [0.5, 0.6) is 0 Å². The molecule has 0 aromatic heterocycles. The predicted molar refractivity (Wildman–Crippen MR) is 296 cm³/mol. The average Bonchev–Trinajstić information content (AvgIpc) is 4.08. The molecule has 9 rings (SSSR count). The van der Waals surface area contributed by atoms with Crippen LogP contribution < -0.4 is 0 Å². The molecule has 9 saturated heterocycles. The van der Waals surface area contributed by atoms with E-state index >= 15 is 0 Å². The molecule has 0 amide bonds. The maximum absolute atomic E-state index is 7.19. The van der Waals surface area contributed by atoms with Crippen LogP contribution in [0.1, 0.15) is 171 Å². The molecule has 36 atom stereocenters. The van der Waals surface area contributed by atoms with E-state index in [1.807, 2.05) is 6.92 Å². The van der Waals surface area contributed by atoms with E-state index in [0.717, 1.165) is 32.1 Å². The highest BCUT2D eigenvalue weighted by Gasteiger charge is 2.56. The quantitative estimate of drug-likeness (QED) is 0.136. The summed E-state index contributed by atoms with van der Waals surface area (Å²) in [5.41, 5.74) is 0. The zero-order chi connectivity index (χ0) is 57.0. The second-order valence-corrected chi connectivity index (χ2v) is 26.8. The summed E-state index contributed by atoms with van der Waals surface area (Å²) in [6.07, 6.45) is -0.830. The predicted octanol–water partition coefficient (Wildman–Crippen LogP) is 11.1. The Morgan fingerprint density at radius 1 is 0.266 bits per heavy atom. The van der Waals surface area contributed by atoms with Crippen LogP contribution in [0.2, 0.25) is 0 Å². The van der Waals surface area contributed by atoms with Gasteiger partial charge in [0.1, 0.15) is 12.2 Å². The molecule has 0 radical (unpaired) electrons. The van der Waals surface area contributed by atoms with E-state index < -0.39 is 25.2 Å². The molecule has 9 aliphatic heterocycles. The summed E-state index contributed by atoms with van der Waals surface area (Å²) < 4.78 is 108. The topological polar surface area (TPSA) is 148 Å². The van der Waals surface area contributed by atoms with Gasteiger partial charge < -0.3 is 75.8 Å². The zero-order valence-corrected chi connectivity index (χ0v) is 52.3. The van der Waals surface area contributed by atoms with Gasteiger partial charge in [-0.2, -0.15) is 0 Å². The van der Waals surface area contributed by atoms with Gasteiger partial charge in [0.15, 0.2) is 50.3 Å². The number of hydrogen-bond acceptors (Lipinski definition) is 16. The Morgan fingerprint density at radius 3 is 0.873 bits per heavy atom. The number of fused-ring (bicyclic) bond motifs is 3. The van der Waals surface area contributed by atoms with E-state index in [9.17, 15) is 0 Å². The highest BCUT2D eigenvalue weighted by atomic mass is 16.8. The fourth-order valence-electron chi connectivity index (χ4n) is 14.9. The van der Waals surface area contributed by atoms with Crippen molar-refractivity contribution in [2.45, 2.75) is 306 Å². The summed E-state index contributed by atoms with van der Waals surface area (Å²) in [6.45, 7) is 45.4. The molecule has 9 aliphatic rings. The van der Waals surface area contributed by atoms with Gasteiger partial charge in [0.05, 0.1) is 86.5 Å². The van der Waals surface area contributed by atoms with E-state index in [1.165, 1.54) is 0 Å². The van der Waals surface area contributed by atoms with Gasteiger partial charge in [-0.25, -0.2) is 0 Å². The Kier molecular flexibility index (Phi) is 21.1. The molecule has 0 saturated carbocycles. The smallest absolute Gasteiger partial charge is 0.161 e. The molecule has 0 aliphatic carbocycles. The average molecular weight is 1120 g/mol. The Bertz CT molecular complexity index is 1890. The van der Waals surface area contributed by atoms with Crippen LogP contribution in [-0.4, -0.2) is 149 Å². The highest BCUT2D eigenvalue weighted by Crippen LogP contribution is 2.48. The molecule has 0 aromatic carbocycles. The molecule has 79 heavy (non-hydrogen) atoms. The van der Waals surface area contributed by atoms with Crippen molar-refractivity contribution in [3.05, 3.63) is 0 Å². The normalized spacial score (nSPS) is 55.3. The van der Waals surface area contributed by atoms with Crippen LogP contribution in [0, 0.1) is 82.9 Å². The summed E-state index contributed by atoms with van der Waals surface area (Å²) in [6, 6.07) is 0. The fraction of sp³-hybridized carbons (Fsp3) is 1.00. The largest absolute Gasteiger partial charge is 0.350 e. The Labute approximate surface area is 476 Å². The van der Waals surface area contributed by atoms with Crippen LogP contribution in [0.3, 0.4) is 0 Å². The first-order valence-electron chi connectivity index (χ1n) is 32.0. The van der Waals surface area contributed by atoms with Gasteiger partial charge in [-0.15, -0.1) is 0 Å². The van der Waals surface area contributed by atoms with Gasteiger partial charge in [0.25, 0.3) is 0 Å². The summed E-state index contributed by atoms with van der Waals surface area (Å²) in [7, 11) is 0. The van der Waals surface area contributed by atoms with E-state index in [-0.39, 0.29) is 188 Å². The highest BCUT2D eigenvalue weighted by molar-refractivity contribution is 4.97. The van der Waals surface area contributed by atoms with Gasteiger partial charge in [-0.05, 0) is 80.5 Å². The van der Waals surface area contributed by atoms with Gasteiger partial charge in [0.2, 0.25) is 0 Å². The lowest BCUT2D eigenvalue weighted by atomic mass is 9.80. The lowest BCUT2D eigenvalue weighted by Crippen LogP contribution is -2.60. The summed E-state index contributed by atoms with van der Waals surface area (Å²) >= 11 is 0. The van der Waals surface area contributed by atoms with E-state index in [2.05, 4.69) is 132 Å². The maximum atomic E-state index is 7.19. The molecule has 17 unspecified atom stereocenters. The number of rotatable bonds is 17. The third kappa shape index (κ3) is 12.5. The first-order valence-corrected chi connectivity index (χ1v) is 32.0. The van der Waals surface area contributed by atoms with Crippen molar-refractivity contribution >= 4 is 0 Å². The van der Waals surface area contributed by atoms with Crippen molar-refractivity contribution in [2.75, 3.05) is 13.2 Å². The van der Waals surface area contributed by atoms with Crippen molar-refractivity contribution in [1.29, 1.82) is 0 Å². The molecule has 16 nitrogen and oxygen atoms in total. The zero-order valence-electron chi connectivity index (χ0n) is 52.3. The standard InChI is InChI=1S/C63H110O16/c1-21-43-50(74-59-37(15)30(8)52(45(23-3)68-59)76-61-39(17)32(10)54(47(25-5)70-61)78-63-41(19)34(12)55-48(73-63)26-64-42(20)66-55)29(7)36(14)58(67-43)75-51-31(9)38(16)60(69-44(51)22-2)77-53-33(11)40(18)62(71-46(53)24-4)79-56-28(6)35(13)57-65-27-49(56)72-57/h28-63H,21-27H2,1-20H3/t28?,29?,30?,31-,32-,33-,34-,35?,36?,37?,38?,39?,40?,41?,42?,43?,44?,45?,46?,47?,48?,49+,50+,51+,52+,53+,54+,55+,56+,57-,58+,59-,60+,61+,62+,63+/m1/s1. The third-order valence-electron chi connectivity index (χ3n) is 22.2. The fourth-order valence-corrected chi connectivity index (χ4v) is 14.9. The van der Waals surface area contributed by atoms with Crippen LogP contribution in [-0.2, 0) is 75.8 Å². The van der Waals surface area contributed by atoms with Gasteiger partial charge >= 0.3 is 0 Å². The van der Waals surface area contributed by atoms with Gasteiger partial charge in [-0.3, -0.25) is 0 Å². The minimum Gasteiger partial charge on any atom is -0.350 e. The van der Waals surface area contributed by atoms with Crippen molar-refractivity contribution in [2.24, 2.45) is 82.9 Å². The van der Waals surface area contributed by atoms with Crippen LogP contribution in [0.25, 0.3) is 0 Å². The molecule has 9 fully saturated rings. The van der Waals surface area contributed by atoms with Crippen LogP contribution in [0.4, 0.5) is 0 Å². The maximum Gasteiger partial charge on any atom is 0.161 e. The molecular formula is C63H110O16. The van der Waals surface area contributed by atoms with E-state index in [0.29, 0.717) is 19.1 Å². The van der Waals surface area contributed by atoms with Crippen molar-refractivity contribution < 1.29 is 75.8 Å². The molecular weight excluding hydrogens is 1010 g/mol. The number of ether oxygens (including phenoxy) is 16. The first kappa shape index (κ1) is 62.9. The molecule has 9 heterocycles. The molecule has 0 spiro atoms. The Morgan fingerprint density at radius 2 is 0.544 bits per heavy atom. The lowest BCUT2D eigenvalue weighted by Gasteiger charge is -2.53. The number of hydrogen-bond donors (Lipinski definition) is 0. The summed E-state index contributed by atoms with van der Waals surface area (Å²) in [4.78, 5) is 0. The Balaban J connectivity index is 0.786. The second-order valence-electron chi connectivity index (χ2n) is 26.8. The van der Waals surface area contributed by atoms with Crippen molar-refractivity contribution in [3.8, 4) is 0 Å². The monoisotopic (exact) mass is 1120 g/mol. The van der Waals surface area contributed by atoms with Gasteiger partial charge in [-0.1, -0.05) is 132 Å². The lowest BCUT2D eigenvalue weighted by molar-refractivity contribution is -0.374. The second kappa shape index (κ2) is 26.5. The van der Waals surface area contributed by atoms with E-state index in [4.69, 9.17) is 75.8 Å². The van der Waals surface area contributed by atoms with E-state index in [1.54, 1.807) is 0 Å². The van der Waals surface area contributed by atoms with Crippen LogP contribution >= 0.6 is 0 Å². The molecule has 458 valence electrons. The third-order valence-corrected chi connectivity index (χ3v) is 22.2. The molecule has 2 bridgehead atoms. The minimum atomic E-state index is -0.425. The summed E-state index contributed by atoms with van der Waals surface area (Å²) in [5, 5.41) is 0. The SMILES string of the molecule is CCC1O[C@@H](O[C@@H]2C(CC)O[C@@H](O[C@@H]3C(CC)O[C@@H](O[C@H]4C(C)C(C)[C@@H]5OC[C@@H]4O5)C(C)[C@H]3C)C(C)[C@H]2C)C(C)C(C)[C@@H]1O[C@H]1OC(CC)[C@@H](O[C@@H]2OC(CC)[C@@H](O[C@@H]3OC4COC(C)O[C@H]4[C@H](C)C3C)[C@H](C)C2C)C(C)C1C. The van der Waals surface area contributed by atoms with Crippen molar-refractivity contribution in [1.82, 2.24) is 0 Å². The molecule has 0 aromatic rings. The first-order chi connectivity index (χ1) is 37.6. The summed E-state index contributed by atoms with van der Waals surface area (Å²) in [5.74, 6) is 2.02. The molecule has 0 N–H and O–H groups in total. The van der Waals surface area contributed by atoms with Crippen LogP contribution in [0.15, 0.2) is 0 Å². The minimum absolute atomic E-state index is 0.00912. The Hall–Kier alpha value is -0.640. The van der Waals surface area contributed by atoms with Crippen molar-refractivity contribution in [3.63, 3.8) is 0 Å². The molecule has 16 heteroatoms. The van der Waals surface area contributed by atoms with Gasteiger partial charge in [0, 0.05) is 41.4 Å².